The van der Waals surface area contributed by atoms with Gasteiger partial charge in [0.05, 0.1) is 12.0 Å². The fourth-order valence-electron chi connectivity index (χ4n) is 3.29. The van der Waals surface area contributed by atoms with Crippen molar-refractivity contribution in [3.05, 3.63) is 23.3 Å². The lowest BCUT2D eigenvalue weighted by atomic mass is 9.69. The van der Waals surface area contributed by atoms with Gasteiger partial charge in [0.25, 0.3) is 0 Å². The van der Waals surface area contributed by atoms with Crippen LogP contribution < -0.4 is 4.74 Å². The number of phenols is 1. The van der Waals surface area contributed by atoms with Crippen molar-refractivity contribution in [3.63, 3.8) is 0 Å². The van der Waals surface area contributed by atoms with Gasteiger partial charge in [-0.05, 0) is 56.2 Å². The van der Waals surface area contributed by atoms with Crippen molar-refractivity contribution in [2.45, 2.75) is 60.8 Å². The lowest BCUT2D eigenvalue weighted by molar-refractivity contribution is -0.149. The number of carbonyl (C=O) groups excluding carboxylic acids is 1. The molecule has 0 amide bonds. The highest BCUT2D eigenvalue weighted by molar-refractivity contribution is 8.28. The van der Waals surface area contributed by atoms with Crippen molar-refractivity contribution in [1.29, 1.82) is 5.41 Å². The molecule has 0 radical (unpaired) electrons. The van der Waals surface area contributed by atoms with Gasteiger partial charge in [-0.25, -0.2) is 0 Å². The third-order valence-corrected chi connectivity index (χ3v) is 7.93. The zero-order valence-corrected chi connectivity index (χ0v) is 20.5. The van der Waals surface area contributed by atoms with Crippen LogP contribution in [0.2, 0.25) is 0 Å². The van der Waals surface area contributed by atoms with E-state index in [1.54, 1.807) is 6.07 Å². The molecule has 1 rings (SSSR count). The van der Waals surface area contributed by atoms with Crippen LogP contribution in [-0.4, -0.2) is 42.2 Å². The van der Waals surface area contributed by atoms with E-state index in [0.29, 0.717) is 23.5 Å². The van der Waals surface area contributed by atoms with Gasteiger partial charge in [-0.2, -0.15) is 0 Å². The third kappa shape index (κ3) is 5.98. The maximum atomic E-state index is 13.2. The predicted molar refractivity (Wildman–Crippen MR) is 124 cm³/mol. The van der Waals surface area contributed by atoms with E-state index in [1.807, 2.05) is 41.5 Å². The minimum absolute atomic E-state index is 0.0500. The van der Waals surface area contributed by atoms with Gasteiger partial charge in [0.15, 0.2) is 0 Å². The maximum absolute atomic E-state index is 13.2. The molecule has 1 aromatic rings. The minimum atomic E-state index is -1.29. The number of aromatic hydroxyl groups is 1. The number of rotatable bonds is 8. The van der Waals surface area contributed by atoms with E-state index < -0.39 is 15.7 Å². The lowest BCUT2D eigenvalue weighted by Crippen LogP contribution is -2.45. The number of hydrogen-bond donors (Lipinski definition) is 2. The zero-order chi connectivity index (χ0) is 22.8. The molecule has 0 aliphatic rings. The molecule has 0 bridgehead atoms. The molecular weight excluding hydrogens is 386 g/mol. The molecule has 0 spiro atoms. The van der Waals surface area contributed by atoms with Crippen LogP contribution in [0.5, 0.6) is 11.5 Å². The Morgan fingerprint density at radius 1 is 1.14 bits per heavy atom. The molecule has 29 heavy (non-hydrogen) atoms. The van der Waals surface area contributed by atoms with E-state index in [9.17, 15) is 9.90 Å². The van der Waals surface area contributed by atoms with E-state index in [-0.39, 0.29) is 22.5 Å². The normalized spacial score (nSPS) is 13.9. The summed E-state index contributed by atoms with van der Waals surface area (Å²) in [6.07, 6.45) is 5.31. The molecule has 0 saturated carbocycles. The van der Waals surface area contributed by atoms with Crippen molar-refractivity contribution in [3.8, 4) is 11.5 Å². The Balaban J connectivity index is 3.24. The highest BCUT2D eigenvalue weighted by atomic mass is 32.3. The molecular formula is C23H39NO4S. The highest BCUT2D eigenvalue weighted by Gasteiger charge is 2.46. The van der Waals surface area contributed by atoms with Gasteiger partial charge < -0.3 is 19.4 Å². The first-order valence-corrected chi connectivity index (χ1v) is 12.5. The van der Waals surface area contributed by atoms with E-state index in [1.165, 1.54) is 6.07 Å². The van der Waals surface area contributed by atoms with Gasteiger partial charge in [0.1, 0.15) is 11.5 Å². The van der Waals surface area contributed by atoms with Gasteiger partial charge in [-0.1, -0.05) is 34.6 Å². The number of hydrogen-bond acceptors (Lipinski definition) is 5. The zero-order valence-electron chi connectivity index (χ0n) is 19.7. The second-order valence-corrected chi connectivity index (χ2v) is 13.6. The van der Waals surface area contributed by atoms with Crippen molar-refractivity contribution in [1.82, 2.24) is 0 Å². The van der Waals surface area contributed by atoms with Gasteiger partial charge >= 0.3 is 5.97 Å². The number of carbonyl (C=O) groups is 1. The third-order valence-electron chi connectivity index (χ3n) is 5.63. The van der Waals surface area contributed by atoms with Gasteiger partial charge in [-0.3, -0.25) is 4.79 Å². The van der Waals surface area contributed by atoms with Crippen LogP contribution in [0.15, 0.2) is 12.1 Å². The number of nitrogens with one attached hydrogen (secondary N) is 1. The van der Waals surface area contributed by atoms with Gasteiger partial charge in [0.2, 0.25) is 0 Å². The largest absolute Gasteiger partial charge is 0.507 e. The second-order valence-electron chi connectivity index (χ2n) is 10.2. The Labute approximate surface area is 178 Å². The van der Waals surface area contributed by atoms with Crippen LogP contribution in [0.4, 0.5) is 0 Å². The van der Waals surface area contributed by atoms with Crippen LogP contribution in [-0.2, 0) is 14.4 Å². The Kier molecular flexibility index (Phi) is 7.64. The number of benzene rings is 1. The van der Waals surface area contributed by atoms with Crippen LogP contribution in [0, 0.1) is 16.2 Å². The fourth-order valence-corrected chi connectivity index (χ4v) is 6.11. The molecule has 0 heterocycles. The molecule has 0 aliphatic heterocycles. The Morgan fingerprint density at radius 3 is 2.14 bits per heavy atom. The van der Waals surface area contributed by atoms with E-state index in [0.717, 1.165) is 12.0 Å². The summed E-state index contributed by atoms with van der Waals surface area (Å²) < 4.78 is 11.7. The minimum Gasteiger partial charge on any atom is -0.507 e. The summed E-state index contributed by atoms with van der Waals surface area (Å²) in [6.45, 7) is 16.5. The summed E-state index contributed by atoms with van der Waals surface area (Å²) >= 11 is 0. The molecule has 5 nitrogen and oxygen atoms in total. The van der Waals surface area contributed by atoms with E-state index in [4.69, 9.17) is 14.3 Å². The Morgan fingerprint density at radius 2 is 1.69 bits per heavy atom. The van der Waals surface area contributed by atoms with Gasteiger partial charge in [-0.15, -0.1) is 10.3 Å². The molecule has 0 atom stereocenters. The average molecular weight is 426 g/mol. The summed E-state index contributed by atoms with van der Waals surface area (Å²) in [5, 5.41) is 18.0. The highest BCUT2D eigenvalue weighted by Crippen LogP contribution is 2.52. The molecule has 0 fully saturated rings. The number of ether oxygens (including phenoxy) is 1. The lowest BCUT2D eigenvalue weighted by Gasteiger charge is -2.45. The fraction of sp³-hybridized carbons (Fsp3) is 0.652. The molecule has 1 aromatic carbocycles. The number of phenolic OH excluding ortho intramolecular Hbond substituents is 1. The van der Waals surface area contributed by atoms with E-state index in [2.05, 4.69) is 26.4 Å². The maximum Gasteiger partial charge on any atom is 0.317 e. The smallest absolute Gasteiger partial charge is 0.317 e. The first-order chi connectivity index (χ1) is 13.0. The first-order valence-electron chi connectivity index (χ1n) is 9.94. The Bertz CT molecular complexity index is 761. The van der Waals surface area contributed by atoms with Crippen LogP contribution in [0.1, 0.15) is 66.5 Å². The summed E-state index contributed by atoms with van der Waals surface area (Å²) in [6, 6.07) is 3.23. The van der Waals surface area contributed by atoms with Crippen LogP contribution in [0.3, 0.4) is 0 Å². The van der Waals surface area contributed by atoms with E-state index >= 15 is 0 Å². The van der Waals surface area contributed by atoms with Gasteiger partial charge in [0, 0.05) is 23.1 Å². The van der Waals surface area contributed by atoms with Crippen molar-refractivity contribution >= 4 is 22.5 Å². The molecule has 0 aliphatic carbocycles. The summed E-state index contributed by atoms with van der Waals surface area (Å²) in [4.78, 5) is 13.2. The Hall–Kier alpha value is -1.53. The monoisotopic (exact) mass is 425 g/mol. The van der Waals surface area contributed by atoms with Crippen molar-refractivity contribution in [2.75, 3.05) is 24.9 Å². The standard InChI is InChI=1S/C23H39NO4S/c1-11-27-29(9,10)15-22(5,6)23(7,8)20(26)28-17-12-16(14-24)19(25)18(13-17)21(2,3)4/h12-14,24-25H,11,15H2,1-10H3. The molecule has 6 heteroatoms. The van der Waals surface area contributed by atoms with Crippen molar-refractivity contribution in [2.24, 2.45) is 10.8 Å². The topological polar surface area (TPSA) is 79.6 Å². The predicted octanol–water partition coefficient (Wildman–Crippen LogP) is 5.66. The average Bonchev–Trinajstić information content (AvgIpc) is 2.53. The van der Waals surface area contributed by atoms with Crippen molar-refractivity contribution < 1.29 is 18.8 Å². The molecule has 0 saturated heterocycles. The van der Waals surface area contributed by atoms with Crippen LogP contribution >= 0.6 is 10.3 Å². The summed E-state index contributed by atoms with van der Waals surface area (Å²) in [7, 11) is -1.29. The van der Waals surface area contributed by atoms with Crippen LogP contribution in [0.25, 0.3) is 0 Å². The SMILES string of the molecule is CCOS(C)(C)CC(C)(C)C(C)(C)C(=O)Oc1cc(C=N)c(O)c(C(C)(C)C)c1. The quantitative estimate of drug-likeness (QED) is 0.320. The molecule has 0 unspecified atom stereocenters. The summed E-state index contributed by atoms with van der Waals surface area (Å²) in [5.41, 5.74) is -0.505. The summed E-state index contributed by atoms with van der Waals surface area (Å²) in [5.74, 6) is 0.825. The first kappa shape index (κ1) is 25.5. The molecule has 0 aromatic heterocycles. The number of esters is 1. The molecule has 166 valence electrons. The molecule has 2 N–H and O–H groups in total. The second kappa shape index (κ2) is 8.68.